The van der Waals surface area contributed by atoms with Gasteiger partial charge in [0.05, 0.1) is 0 Å². The van der Waals surface area contributed by atoms with E-state index in [9.17, 15) is 9.18 Å². The van der Waals surface area contributed by atoms with E-state index < -0.39 is 11.4 Å². The van der Waals surface area contributed by atoms with E-state index >= 15 is 0 Å². The second-order valence-corrected chi connectivity index (χ2v) is 5.05. The minimum atomic E-state index is -0.825. The van der Waals surface area contributed by atoms with Gasteiger partial charge in [-0.15, -0.1) is 0 Å². The number of hydrogen-bond acceptors (Lipinski definition) is 3. The zero-order valence-corrected chi connectivity index (χ0v) is 11.5. The Hall–Kier alpha value is -0.970. The van der Waals surface area contributed by atoms with E-state index in [-0.39, 0.29) is 12.2 Å². The van der Waals surface area contributed by atoms with Crippen LogP contribution in [0.15, 0.2) is 18.2 Å². The second-order valence-electron chi connectivity index (χ2n) is 4.65. The van der Waals surface area contributed by atoms with Crippen LogP contribution < -0.4 is 0 Å². The van der Waals surface area contributed by atoms with Gasteiger partial charge in [0.2, 0.25) is 0 Å². The van der Waals surface area contributed by atoms with Crippen LogP contribution in [0.4, 0.5) is 4.39 Å². The van der Waals surface area contributed by atoms with E-state index in [0.29, 0.717) is 36.6 Å². The lowest BCUT2D eigenvalue weighted by Crippen LogP contribution is -2.46. The molecule has 1 aliphatic heterocycles. The first-order valence-electron chi connectivity index (χ1n) is 6.17. The molecular weight excluding hydrogens is 271 g/mol. The number of hydrogen-bond donors (Lipinski definition) is 0. The fourth-order valence-corrected chi connectivity index (χ4v) is 2.50. The molecule has 0 aromatic heterocycles. The SMILES string of the molecule is COC1(C(=O)Cc2cc(F)ccc2Cl)CCOCC1. The molecule has 1 heterocycles. The molecule has 1 aromatic carbocycles. The van der Waals surface area contributed by atoms with Crippen LogP contribution in [0.5, 0.6) is 0 Å². The molecule has 0 amide bonds. The van der Waals surface area contributed by atoms with E-state index in [1.54, 1.807) is 0 Å². The number of benzene rings is 1. The summed E-state index contributed by atoms with van der Waals surface area (Å²) in [6.07, 6.45) is 1.12. The van der Waals surface area contributed by atoms with Crippen molar-refractivity contribution in [3.05, 3.63) is 34.6 Å². The Balaban J connectivity index is 2.17. The third-order valence-electron chi connectivity index (χ3n) is 3.56. The molecule has 2 rings (SSSR count). The predicted molar refractivity (Wildman–Crippen MR) is 69.9 cm³/mol. The molecule has 3 nitrogen and oxygen atoms in total. The van der Waals surface area contributed by atoms with Crippen molar-refractivity contribution in [1.82, 2.24) is 0 Å². The summed E-state index contributed by atoms with van der Waals surface area (Å²) in [4.78, 5) is 12.4. The summed E-state index contributed by atoms with van der Waals surface area (Å²) in [7, 11) is 1.52. The number of Topliss-reactive ketones (excluding diaryl/α,β-unsaturated/α-hetero) is 1. The highest BCUT2D eigenvalue weighted by molar-refractivity contribution is 6.31. The Morgan fingerprint density at radius 1 is 1.47 bits per heavy atom. The molecule has 0 spiro atoms. The van der Waals surface area contributed by atoms with Gasteiger partial charge >= 0.3 is 0 Å². The normalized spacial score (nSPS) is 18.3. The van der Waals surface area contributed by atoms with Crippen LogP contribution in [-0.2, 0) is 20.7 Å². The zero-order chi connectivity index (χ0) is 13.9. The van der Waals surface area contributed by atoms with Gasteiger partial charge in [-0.1, -0.05) is 11.6 Å². The largest absolute Gasteiger partial charge is 0.381 e. The molecule has 0 radical (unpaired) electrons. The summed E-state index contributed by atoms with van der Waals surface area (Å²) >= 11 is 5.98. The summed E-state index contributed by atoms with van der Waals surface area (Å²) in [6.45, 7) is 0.993. The number of ether oxygens (including phenoxy) is 2. The average molecular weight is 287 g/mol. The van der Waals surface area contributed by atoms with Gasteiger partial charge in [0.15, 0.2) is 5.78 Å². The molecule has 0 unspecified atom stereocenters. The van der Waals surface area contributed by atoms with Crippen molar-refractivity contribution in [3.8, 4) is 0 Å². The number of ketones is 1. The minimum absolute atomic E-state index is 0.0738. The average Bonchev–Trinajstić information content (AvgIpc) is 2.43. The number of methoxy groups -OCH3 is 1. The number of carbonyl (C=O) groups excluding carboxylic acids is 1. The minimum Gasteiger partial charge on any atom is -0.381 e. The first-order valence-corrected chi connectivity index (χ1v) is 6.55. The summed E-state index contributed by atoms with van der Waals surface area (Å²) < 4.78 is 23.9. The summed E-state index contributed by atoms with van der Waals surface area (Å²) in [5.74, 6) is -0.476. The van der Waals surface area contributed by atoms with Crippen molar-refractivity contribution in [2.45, 2.75) is 24.9 Å². The Morgan fingerprint density at radius 3 is 2.79 bits per heavy atom. The van der Waals surface area contributed by atoms with Crippen molar-refractivity contribution in [2.24, 2.45) is 0 Å². The molecule has 0 aliphatic carbocycles. The predicted octanol–water partition coefficient (Wildman–Crippen LogP) is 2.79. The van der Waals surface area contributed by atoms with Crippen LogP contribution in [0.1, 0.15) is 18.4 Å². The highest BCUT2D eigenvalue weighted by atomic mass is 35.5. The second kappa shape index (κ2) is 5.99. The van der Waals surface area contributed by atoms with Gasteiger partial charge in [0.25, 0.3) is 0 Å². The smallest absolute Gasteiger partial charge is 0.169 e. The van der Waals surface area contributed by atoms with Crippen LogP contribution >= 0.6 is 11.6 Å². The fourth-order valence-electron chi connectivity index (χ4n) is 2.31. The van der Waals surface area contributed by atoms with Gasteiger partial charge in [0, 0.05) is 44.6 Å². The van der Waals surface area contributed by atoms with Crippen LogP contribution in [0.2, 0.25) is 5.02 Å². The molecule has 0 atom stereocenters. The summed E-state index contributed by atoms with van der Waals surface area (Å²) in [5.41, 5.74) is -0.331. The van der Waals surface area contributed by atoms with Crippen LogP contribution in [0, 0.1) is 5.82 Å². The Labute approximate surface area is 116 Å². The number of rotatable bonds is 4. The molecule has 19 heavy (non-hydrogen) atoms. The lowest BCUT2D eigenvalue weighted by Gasteiger charge is -2.34. The highest BCUT2D eigenvalue weighted by Gasteiger charge is 2.39. The number of carbonyl (C=O) groups is 1. The quantitative estimate of drug-likeness (QED) is 0.854. The van der Waals surface area contributed by atoms with Gasteiger partial charge in [-0.3, -0.25) is 4.79 Å². The maximum absolute atomic E-state index is 13.2. The summed E-state index contributed by atoms with van der Waals surface area (Å²) in [5, 5.41) is 0.396. The molecule has 104 valence electrons. The van der Waals surface area contributed by atoms with Crippen molar-refractivity contribution in [1.29, 1.82) is 0 Å². The number of halogens is 2. The van der Waals surface area contributed by atoms with Crippen molar-refractivity contribution < 1.29 is 18.7 Å². The van der Waals surface area contributed by atoms with Gasteiger partial charge in [0.1, 0.15) is 11.4 Å². The molecule has 1 aromatic rings. The van der Waals surface area contributed by atoms with Crippen LogP contribution in [0.25, 0.3) is 0 Å². The molecule has 1 aliphatic rings. The lowest BCUT2D eigenvalue weighted by atomic mass is 9.86. The molecular formula is C14H16ClFO3. The van der Waals surface area contributed by atoms with Crippen molar-refractivity contribution >= 4 is 17.4 Å². The first kappa shape index (κ1) is 14.4. The molecule has 0 saturated carbocycles. The van der Waals surface area contributed by atoms with Crippen molar-refractivity contribution in [3.63, 3.8) is 0 Å². The van der Waals surface area contributed by atoms with Crippen LogP contribution in [-0.4, -0.2) is 31.7 Å². The Morgan fingerprint density at radius 2 is 2.16 bits per heavy atom. The van der Waals surface area contributed by atoms with E-state index in [1.165, 1.54) is 25.3 Å². The van der Waals surface area contributed by atoms with E-state index in [1.807, 2.05) is 0 Å². The molecule has 1 fully saturated rings. The van der Waals surface area contributed by atoms with Crippen molar-refractivity contribution in [2.75, 3.05) is 20.3 Å². The maximum Gasteiger partial charge on any atom is 0.169 e. The third kappa shape index (κ3) is 3.14. The maximum atomic E-state index is 13.2. The van der Waals surface area contributed by atoms with Gasteiger partial charge in [-0.05, 0) is 23.8 Å². The lowest BCUT2D eigenvalue weighted by molar-refractivity contribution is -0.151. The first-order chi connectivity index (χ1) is 9.07. The van der Waals surface area contributed by atoms with E-state index in [0.717, 1.165) is 0 Å². The highest BCUT2D eigenvalue weighted by Crippen LogP contribution is 2.28. The Bertz CT molecular complexity index is 470. The third-order valence-corrected chi connectivity index (χ3v) is 3.93. The fraction of sp³-hybridized carbons (Fsp3) is 0.500. The van der Waals surface area contributed by atoms with Crippen LogP contribution in [0.3, 0.4) is 0 Å². The molecule has 5 heteroatoms. The van der Waals surface area contributed by atoms with E-state index in [2.05, 4.69) is 0 Å². The molecule has 0 N–H and O–H groups in total. The van der Waals surface area contributed by atoms with Gasteiger partial charge in [-0.2, -0.15) is 0 Å². The van der Waals surface area contributed by atoms with E-state index in [4.69, 9.17) is 21.1 Å². The van der Waals surface area contributed by atoms with Gasteiger partial charge < -0.3 is 9.47 Å². The topological polar surface area (TPSA) is 35.5 Å². The monoisotopic (exact) mass is 286 g/mol. The zero-order valence-electron chi connectivity index (χ0n) is 10.7. The molecule has 0 bridgehead atoms. The van der Waals surface area contributed by atoms with Gasteiger partial charge in [-0.25, -0.2) is 4.39 Å². The summed E-state index contributed by atoms with van der Waals surface area (Å²) in [6, 6.07) is 4.03. The Kier molecular flexibility index (Phi) is 4.55. The standard InChI is InChI=1S/C14H16ClFO3/c1-18-14(4-6-19-7-5-14)13(17)9-10-8-11(16)2-3-12(10)15/h2-3,8H,4-7,9H2,1H3. The molecule has 1 saturated heterocycles.